The fraction of sp³-hybridized carbons (Fsp3) is 0.344. The molecule has 0 bridgehead atoms. The second kappa shape index (κ2) is 13.3. The first kappa shape index (κ1) is 32.0. The summed E-state index contributed by atoms with van der Waals surface area (Å²) in [5, 5.41) is 3.68. The first-order chi connectivity index (χ1) is 21.0. The molecule has 3 aromatic carbocycles. The number of carbonyl (C=O) groups excluding carboxylic acids is 3. The molecule has 2 aliphatic rings. The maximum Gasteiger partial charge on any atom is 0.337 e. The second-order valence-corrected chi connectivity index (χ2v) is 13.8. The Morgan fingerprint density at radius 3 is 2.45 bits per heavy atom. The molecule has 3 aromatic rings. The number of ether oxygens (including phenoxy) is 1. The molecule has 0 spiro atoms. The molecule has 2 N–H and O–H groups in total. The number of nitrogens with zero attached hydrogens (tertiary/aromatic N) is 1. The Morgan fingerprint density at radius 1 is 0.977 bits per heavy atom. The summed E-state index contributed by atoms with van der Waals surface area (Å²) in [6, 6.07) is 16.7. The minimum atomic E-state index is -3.59. The van der Waals surface area contributed by atoms with Gasteiger partial charge in [-0.3, -0.25) is 9.59 Å². The van der Waals surface area contributed by atoms with Crippen LogP contribution in [-0.4, -0.2) is 56.6 Å². The van der Waals surface area contributed by atoms with Gasteiger partial charge in [0.2, 0.25) is 15.9 Å². The predicted molar refractivity (Wildman–Crippen MR) is 168 cm³/mol. The summed E-state index contributed by atoms with van der Waals surface area (Å²) in [5.41, 5.74) is 2.46. The molecule has 0 saturated heterocycles. The van der Waals surface area contributed by atoms with Crippen molar-refractivity contribution in [1.82, 2.24) is 14.9 Å². The van der Waals surface area contributed by atoms with Gasteiger partial charge in [0.15, 0.2) is 0 Å². The summed E-state index contributed by atoms with van der Waals surface area (Å²) in [6.45, 7) is 0.110. The van der Waals surface area contributed by atoms with Crippen molar-refractivity contribution in [2.75, 3.05) is 13.4 Å². The molecule has 0 radical (unpaired) electrons. The smallest absolute Gasteiger partial charge is 0.337 e. The summed E-state index contributed by atoms with van der Waals surface area (Å²) in [4.78, 5) is 42.4. The zero-order valence-corrected chi connectivity index (χ0v) is 26.6. The minimum absolute atomic E-state index is 0.110. The molecule has 1 saturated carbocycles. The van der Waals surface area contributed by atoms with Crippen molar-refractivity contribution in [3.8, 4) is 0 Å². The lowest BCUT2D eigenvalue weighted by Crippen LogP contribution is -2.59. The molecule has 4 atom stereocenters. The molecular weight excluding hydrogens is 625 g/mol. The van der Waals surface area contributed by atoms with E-state index in [4.69, 9.17) is 27.9 Å². The molecule has 1 heterocycles. The quantitative estimate of drug-likeness (QED) is 0.320. The Bertz CT molecular complexity index is 1700. The zero-order valence-electron chi connectivity index (χ0n) is 24.3. The van der Waals surface area contributed by atoms with Gasteiger partial charge in [0, 0.05) is 34.2 Å². The fourth-order valence-electron chi connectivity index (χ4n) is 6.35. The highest BCUT2D eigenvalue weighted by atomic mass is 35.5. The van der Waals surface area contributed by atoms with Crippen molar-refractivity contribution in [1.29, 1.82) is 0 Å². The van der Waals surface area contributed by atoms with Crippen molar-refractivity contribution in [2.45, 2.75) is 56.3 Å². The third-order valence-electron chi connectivity index (χ3n) is 8.21. The van der Waals surface area contributed by atoms with E-state index in [9.17, 15) is 22.8 Å². The van der Waals surface area contributed by atoms with Crippen molar-refractivity contribution in [3.63, 3.8) is 0 Å². The van der Waals surface area contributed by atoms with Gasteiger partial charge in [-0.2, -0.15) is 0 Å². The zero-order chi connectivity index (χ0) is 31.6. The predicted octanol–water partition coefficient (Wildman–Crippen LogP) is 5.24. The van der Waals surface area contributed by atoms with Crippen LogP contribution in [0.2, 0.25) is 10.0 Å². The van der Waals surface area contributed by atoms with Crippen molar-refractivity contribution < 1.29 is 27.5 Å². The summed E-state index contributed by atoms with van der Waals surface area (Å²) in [5.74, 6) is -2.06. The Balaban J connectivity index is 1.61. The van der Waals surface area contributed by atoms with Gasteiger partial charge in [-0.05, 0) is 59.9 Å². The first-order valence-electron chi connectivity index (χ1n) is 14.3. The molecule has 1 fully saturated rings. The van der Waals surface area contributed by atoms with E-state index in [2.05, 4.69) is 10.0 Å². The average Bonchev–Trinajstić information content (AvgIpc) is 2.99. The number of hydrogen-bond acceptors (Lipinski definition) is 6. The average molecular weight is 659 g/mol. The molecule has 9 nitrogen and oxygen atoms in total. The van der Waals surface area contributed by atoms with Crippen molar-refractivity contribution in [3.05, 3.63) is 105 Å². The number of fused-ring (bicyclic) bond motifs is 1. The van der Waals surface area contributed by atoms with Gasteiger partial charge in [-0.15, -0.1) is 0 Å². The molecule has 2 amide bonds. The van der Waals surface area contributed by atoms with Crippen LogP contribution < -0.4 is 10.0 Å². The molecule has 44 heavy (non-hydrogen) atoms. The standard InChI is InChI=1S/C32H33Cl2N3O6S/c1-43-32(40)20-9-7-8-19(16-20)18-35-30(38)28-22-10-3-4-11-23(22)31(39)37(29(28)24-15-14-21(33)17-25(24)34)27-13-6-5-12-26(27)36-44(2,41)42/h3-4,7-11,14-17,26-29,36H,5-6,12-13,18H2,1-2H3,(H,35,38)/t26-,27?,28+,29-/m0/s1. The van der Waals surface area contributed by atoms with Crippen molar-refractivity contribution in [2.24, 2.45) is 0 Å². The van der Waals surface area contributed by atoms with Crippen LogP contribution in [0, 0.1) is 0 Å². The van der Waals surface area contributed by atoms with Crippen LogP contribution in [-0.2, 0) is 26.1 Å². The van der Waals surface area contributed by atoms with Gasteiger partial charge < -0.3 is 15.0 Å². The van der Waals surface area contributed by atoms with Crippen molar-refractivity contribution >= 4 is 51.0 Å². The lowest BCUT2D eigenvalue weighted by molar-refractivity contribution is -0.124. The van der Waals surface area contributed by atoms with E-state index in [1.54, 1.807) is 71.6 Å². The normalized spacial score (nSPS) is 21.8. The fourth-order valence-corrected chi connectivity index (χ4v) is 7.70. The largest absolute Gasteiger partial charge is 0.465 e. The monoisotopic (exact) mass is 657 g/mol. The van der Waals surface area contributed by atoms with Gasteiger partial charge in [0.25, 0.3) is 5.91 Å². The lowest BCUT2D eigenvalue weighted by Gasteiger charge is -2.49. The van der Waals surface area contributed by atoms with Gasteiger partial charge in [0.05, 0.1) is 30.9 Å². The van der Waals surface area contributed by atoms with Crippen LogP contribution in [0.5, 0.6) is 0 Å². The third kappa shape index (κ3) is 6.78. The first-order valence-corrected chi connectivity index (χ1v) is 16.9. The Labute approximate surface area is 266 Å². The van der Waals surface area contributed by atoms with Crippen LogP contribution in [0.15, 0.2) is 66.7 Å². The third-order valence-corrected chi connectivity index (χ3v) is 9.50. The Kier molecular flexibility index (Phi) is 9.65. The molecule has 1 unspecified atom stereocenters. The highest BCUT2D eigenvalue weighted by molar-refractivity contribution is 7.88. The van der Waals surface area contributed by atoms with Crippen LogP contribution in [0.4, 0.5) is 0 Å². The number of carbonyl (C=O) groups is 3. The van der Waals surface area contributed by atoms with Crippen LogP contribution in [0.1, 0.15) is 75.0 Å². The Morgan fingerprint density at radius 2 is 1.73 bits per heavy atom. The molecular formula is C32H33Cl2N3O6S. The van der Waals surface area contributed by atoms with Crippen LogP contribution >= 0.6 is 23.2 Å². The molecule has 232 valence electrons. The van der Waals surface area contributed by atoms with E-state index >= 15 is 0 Å². The van der Waals surface area contributed by atoms with Gasteiger partial charge in [-0.25, -0.2) is 17.9 Å². The SMILES string of the molecule is COC(=O)c1cccc(CNC(=O)[C@@H]2c3ccccc3C(=O)N(C3CCCC[C@@H]3NS(C)(=O)=O)[C@H]2c2ccc(Cl)cc2Cl)c1. The highest BCUT2D eigenvalue weighted by Gasteiger charge is 2.49. The number of rotatable bonds is 8. The van der Waals surface area contributed by atoms with Gasteiger partial charge >= 0.3 is 5.97 Å². The maximum atomic E-state index is 14.4. The number of benzene rings is 3. The summed E-state index contributed by atoms with van der Waals surface area (Å²) in [7, 11) is -2.29. The number of halogens is 2. The highest BCUT2D eigenvalue weighted by Crippen LogP contribution is 2.47. The maximum absolute atomic E-state index is 14.4. The van der Waals surface area contributed by atoms with E-state index in [1.807, 2.05) is 0 Å². The summed E-state index contributed by atoms with van der Waals surface area (Å²) in [6.07, 6.45) is 3.76. The van der Waals surface area contributed by atoms with Gasteiger partial charge in [-0.1, -0.05) is 72.4 Å². The molecule has 1 aliphatic heterocycles. The number of hydrogen-bond donors (Lipinski definition) is 2. The van der Waals surface area contributed by atoms with E-state index in [0.29, 0.717) is 45.7 Å². The van der Waals surface area contributed by atoms with E-state index in [-0.39, 0.29) is 23.4 Å². The number of nitrogens with one attached hydrogen (secondary N) is 2. The van der Waals surface area contributed by atoms with E-state index < -0.39 is 40.0 Å². The number of sulfonamides is 1. The molecule has 12 heteroatoms. The van der Waals surface area contributed by atoms with E-state index in [0.717, 1.165) is 19.1 Å². The van der Waals surface area contributed by atoms with Gasteiger partial charge in [0.1, 0.15) is 0 Å². The topological polar surface area (TPSA) is 122 Å². The number of methoxy groups -OCH3 is 1. The number of esters is 1. The van der Waals surface area contributed by atoms with Crippen LogP contribution in [0.25, 0.3) is 0 Å². The summed E-state index contributed by atoms with van der Waals surface area (Å²) < 4.78 is 32.3. The molecule has 5 rings (SSSR count). The minimum Gasteiger partial charge on any atom is -0.465 e. The second-order valence-electron chi connectivity index (χ2n) is 11.1. The number of amides is 2. The summed E-state index contributed by atoms with van der Waals surface area (Å²) >= 11 is 13.0. The van der Waals surface area contributed by atoms with Crippen LogP contribution in [0.3, 0.4) is 0 Å². The molecule has 0 aromatic heterocycles. The molecule has 1 aliphatic carbocycles. The van der Waals surface area contributed by atoms with E-state index in [1.165, 1.54) is 7.11 Å². The lowest BCUT2D eigenvalue weighted by atomic mass is 9.76. The Hall–Kier alpha value is -3.44.